The molecular formula is C36H43F2N5O4. The molecule has 0 spiro atoms. The topological polar surface area (TPSA) is 96.9 Å². The molecule has 0 radical (unpaired) electrons. The largest absolute Gasteiger partial charge is 0.457 e. The molecule has 3 aromatic rings. The summed E-state index contributed by atoms with van der Waals surface area (Å²) in [5.74, 6) is -2.15. The summed E-state index contributed by atoms with van der Waals surface area (Å²) in [4.78, 5) is 29.6. The summed E-state index contributed by atoms with van der Waals surface area (Å²) in [6, 6.07) is 15.0. The molecular weight excluding hydrogens is 604 g/mol. The van der Waals surface area contributed by atoms with Crippen LogP contribution in [0.4, 0.5) is 8.78 Å². The van der Waals surface area contributed by atoms with E-state index in [1.54, 1.807) is 35.2 Å². The Labute approximate surface area is 274 Å². The second-order valence-electron chi connectivity index (χ2n) is 13.4. The van der Waals surface area contributed by atoms with Crippen LogP contribution in [-0.2, 0) is 16.1 Å². The van der Waals surface area contributed by atoms with Gasteiger partial charge < -0.3 is 19.7 Å². The molecule has 250 valence electrons. The van der Waals surface area contributed by atoms with E-state index in [9.17, 15) is 9.59 Å². The van der Waals surface area contributed by atoms with Gasteiger partial charge in [-0.05, 0) is 79.6 Å². The number of nitrogens with one attached hydrogen (secondary N) is 1. The Kier molecular flexibility index (Phi) is 9.84. The summed E-state index contributed by atoms with van der Waals surface area (Å²) >= 11 is 0. The molecule has 3 saturated heterocycles. The lowest BCUT2D eigenvalue weighted by Gasteiger charge is -2.43. The Bertz CT molecular complexity index is 1560. The van der Waals surface area contributed by atoms with Crippen molar-refractivity contribution >= 4 is 11.8 Å². The van der Waals surface area contributed by atoms with Gasteiger partial charge >= 0.3 is 0 Å². The highest BCUT2D eigenvalue weighted by molar-refractivity contribution is 5.95. The van der Waals surface area contributed by atoms with E-state index in [-0.39, 0.29) is 42.3 Å². The number of hydrogen-bond donors (Lipinski definition) is 1. The van der Waals surface area contributed by atoms with Crippen LogP contribution in [0.25, 0.3) is 11.3 Å². The molecule has 4 heterocycles. The highest BCUT2D eigenvalue weighted by atomic mass is 19.3. The lowest BCUT2D eigenvalue weighted by atomic mass is 9.96. The molecule has 0 aliphatic carbocycles. The fourth-order valence-electron chi connectivity index (χ4n) is 6.62. The third kappa shape index (κ3) is 7.79. The van der Waals surface area contributed by atoms with Gasteiger partial charge in [-0.25, -0.2) is 8.78 Å². The molecule has 6 rings (SSSR count). The monoisotopic (exact) mass is 647 g/mol. The zero-order chi connectivity index (χ0) is 33.1. The van der Waals surface area contributed by atoms with Crippen molar-refractivity contribution in [1.29, 1.82) is 0 Å². The van der Waals surface area contributed by atoms with E-state index in [1.165, 1.54) is 0 Å². The van der Waals surface area contributed by atoms with Crippen molar-refractivity contribution in [3.8, 4) is 22.8 Å². The van der Waals surface area contributed by atoms with Gasteiger partial charge in [0.1, 0.15) is 11.5 Å². The molecule has 0 unspecified atom stereocenters. The number of hydrogen-bond acceptors (Lipinski definition) is 7. The fourth-order valence-corrected chi connectivity index (χ4v) is 6.62. The van der Waals surface area contributed by atoms with Gasteiger partial charge in [-0.1, -0.05) is 26.8 Å². The zero-order valence-electron chi connectivity index (χ0n) is 27.3. The maximum Gasteiger partial charge on any atom is 0.280 e. The van der Waals surface area contributed by atoms with Crippen LogP contribution in [-0.4, -0.2) is 82.7 Å². The zero-order valence-corrected chi connectivity index (χ0v) is 27.3. The van der Waals surface area contributed by atoms with Gasteiger partial charge in [0.2, 0.25) is 5.91 Å². The Morgan fingerprint density at radius 1 is 1.06 bits per heavy atom. The molecule has 9 nitrogen and oxygen atoms in total. The van der Waals surface area contributed by atoms with Gasteiger partial charge in [-0.15, -0.1) is 0 Å². The summed E-state index contributed by atoms with van der Waals surface area (Å²) in [5.41, 5.74) is 3.45. The maximum atomic E-state index is 15.3. The highest BCUT2D eigenvalue weighted by Gasteiger charge is 2.47. The highest BCUT2D eigenvalue weighted by Crippen LogP contribution is 2.33. The second-order valence-corrected chi connectivity index (χ2v) is 13.4. The maximum absolute atomic E-state index is 15.3. The lowest BCUT2D eigenvalue weighted by molar-refractivity contribution is -0.128. The van der Waals surface area contributed by atoms with Crippen molar-refractivity contribution in [2.24, 2.45) is 5.92 Å². The fraction of sp³-hybridized carbons (Fsp3) is 0.500. The third-order valence-corrected chi connectivity index (χ3v) is 9.39. The number of ether oxygens (including phenoxy) is 2. The van der Waals surface area contributed by atoms with Crippen LogP contribution in [0.3, 0.4) is 0 Å². The van der Waals surface area contributed by atoms with E-state index >= 15 is 8.78 Å². The Balaban J connectivity index is 1.19. The summed E-state index contributed by atoms with van der Waals surface area (Å²) < 4.78 is 42.4. The average Bonchev–Trinajstić information content (AvgIpc) is 3.39. The number of rotatable bonds is 9. The van der Waals surface area contributed by atoms with Crippen LogP contribution >= 0.6 is 0 Å². The number of benzene rings is 2. The van der Waals surface area contributed by atoms with Crippen molar-refractivity contribution in [2.75, 3.05) is 32.8 Å². The Morgan fingerprint density at radius 2 is 1.83 bits per heavy atom. The first kappa shape index (κ1) is 33.0. The minimum absolute atomic E-state index is 0.0635. The van der Waals surface area contributed by atoms with E-state index in [0.29, 0.717) is 50.8 Å². The van der Waals surface area contributed by atoms with Crippen molar-refractivity contribution in [3.05, 3.63) is 71.4 Å². The predicted octanol–water partition coefficient (Wildman–Crippen LogP) is 6.05. The molecule has 0 bridgehead atoms. The quantitative estimate of drug-likeness (QED) is 0.302. The number of carbonyl (C=O) groups excluding carboxylic acids is 2. The van der Waals surface area contributed by atoms with Gasteiger partial charge in [0, 0.05) is 62.0 Å². The van der Waals surface area contributed by atoms with E-state index in [0.717, 1.165) is 35.4 Å². The lowest BCUT2D eigenvalue weighted by Crippen LogP contribution is -2.60. The van der Waals surface area contributed by atoms with Crippen LogP contribution < -0.4 is 10.1 Å². The van der Waals surface area contributed by atoms with Crippen LogP contribution in [0.5, 0.6) is 11.5 Å². The van der Waals surface area contributed by atoms with E-state index in [2.05, 4.69) is 29.4 Å². The summed E-state index contributed by atoms with van der Waals surface area (Å²) in [7, 11) is 0. The van der Waals surface area contributed by atoms with E-state index in [4.69, 9.17) is 9.47 Å². The van der Waals surface area contributed by atoms with E-state index in [1.807, 2.05) is 36.1 Å². The molecule has 3 aliphatic heterocycles. The minimum atomic E-state index is -3.07. The van der Waals surface area contributed by atoms with Gasteiger partial charge in [-0.2, -0.15) is 10.2 Å². The number of carbonyl (C=O) groups is 2. The number of amides is 2. The van der Waals surface area contributed by atoms with Gasteiger partial charge in [0.05, 0.1) is 24.0 Å². The van der Waals surface area contributed by atoms with Crippen LogP contribution in [0, 0.1) is 5.92 Å². The average molecular weight is 648 g/mol. The number of halogens is 2. The molecule has 47 heavy (non-hydrogen) atoms. The Hall–Kier alpha value is -3.96. The summed E-state index contributed by atoms with van der Waals surface area (Å²) in [6.45, 7) is 8.39. The van der Waals surface area contributed by atoms with Crippen molar-refractivity contribution in [2.45, 2.75) is 76.9 Å². The van der Waals surface area contributed by atoms with Gasteiger partial charge in [0.15, 0.2) is 0 Å². The number of aromatic nitrogens is 2. The summed E-state index contributed by atoms with van der Waals surface area (Å²) in [6.07, 6.45) is 2.13. The van der Waals surface area contributed by atoms with Crippen molar-refractivity contribution < 1.29 is 27.8 Å². The molecule has 0 saturated carbocycles. The van der Waals surface area contributed by atoms with Crippen molar-refractivity contribution in [1.82, 2.24) is 25.3 Å². The van der Waals surface area contributed by atoms with Gasteiger partial charge in [-0.3, -0.25) is 14.5 Å². The minimum Gasteiger partial charge on any atom is -0.457 e. The van der Waals surface area contributed by atoms with E-state index < -0.39 is 17.9 Å². The van der Waals surface area contributed by atoms with Crippen LogP contribution in [0.2, 0.25) is 0 Å². The molecule has 2 aromatic carbocycles. The Morgan fingerprint density at radius 3 is 2.47 bits per heavy atom. The first-order chi connectivity index (χ1) is 22.6. The molecule has 2 atom stereocenters. The number of alkyl halides is 2. The molecule has 3 aliphatic rings. The molecule has 3 fully saturated rings. The second kappa shape index (κ2) is 14.0. The standard InChI is InChI=1S/C36H43F2N5O4/c1-23(2)30-10-11-31(41-40-30)25-6-8-29(9-7-25)47-32-19-26(4-5-27(32)21-43-20-24(3)18-34(43)44)35(45)39-33-12-15-42(22-36(33,37)38)28-13-16-46-17-14-28/h4-11,19,23-24,28,33H,12-18,20-22H2,1-3H3,(H,39,45)/t24-,33+/m0/s1. The van der Waals surface area contributed by atoms with Crippen LogP contribution in [0.1, 0.15) is 74.0 Å². The molecule has 2 amide bonds. The first-order valence-corrected chi connectivity index (χ1v) is 16.6. The molecule has 11 heteroatoms. The normalized spacial score (nSPS) is 22.1. The summed E-state index contributed by atoms with van der Waals surface area (Å²) in [5, 5.41) is 11.3. The smallest absolute Gasteiger partial charge is 0.280 e. The van der Waals surface area contributed by atoms with Gasteiger partial charge in [0.25, 0.3) is 11.8 Å². The third-order valence-electron chi connectivity index (χ3n) is 9.39. The predicted molar refractivity (Wildman–Crippen MR) is 174 cm³/mol. The van der Waals surface area contributed by atoms with Crippen LogP contribution in [0.15, 0.2) is 54.6 Å². The number of nitrogens with zero attached hydrogens (tertiary/aromatic N) is 4. The molecule has 1 N–H and O–H groups in total. The van der Waals surface area contributed by atoms with Crippen molar-refractivity contribution in [3.63, 3.8) is 0 Å². The first-order valence-electron chi connectivity index (χ1n) is 16.6. The molecule has 1 aromatic heterocycles. The number of piperidine rings is 1. The number of likely N-dealkylation sites (tertiary alicyclic amines) is 2. The SMILES string of the molecule is CC(C)c1ccc(-c2ccc(Oc3cc(C(=O)N[C@@H]4CCN(C5CCOCC5)CC4(F)F)ccc3CN3C[C@@H](C)CC3=O)cc2)nn1.